The van der Waals surface area contributed by atoms with E-state index in [0.717, 1.165) is 0 Å². The molecule has 0 aromatic heterocycles. The number of carbonyl (C=O) groups is 2. The molecule has 88 valence electrons. The molecule has 0 saturated carbocycles. The zero-order valence-corrected chi connectivity index (χ0v) is 9.34. The summed E-state index contributed by atoms with van der Waals surface area (Å²) in [5, 5.41) is 10.7. The number of nitro groups is 1. The fourth-order valence-corrected chi connectivity index (χ4v) is 1.87. The van der Waals surface area contributed by atoms with Crippen LogP contribution in [0.4, 0.5) is 11.4 Å². The van der Waals surface area contributed by atoms with Gasteiger partial charge in [-0.3, -0.25) is 19.7 Å². The number of nitro benzene ring substituents is 1. The summed E-state index contributed by atoms with van der Waals surface area (Å²) < 4.78 is 0. The molecule has 0 unspecified atom stereocenters. The average Bonchev–Trinajstić information content (AvgIpc) is 2.51. The first-order chi connectivity index (χ1) is 7.93. The standard InChI is InChI=1S/C11H10N2O4/c1-6(2)12-9-5-7(13(16)17)3-4-8(9)10(14)11(12)15/h3-6H,1-2H3. The van der Waals surface area contributed by atoms with Crippen molar-refractivity contribution in [2.45, 2.75) is 19.9 Å². The fourth-order valence-electron chi connectivity index (χ4n) is 1.87. The van der Waals surface area contributed by atoms with Gasteiger partial charge in [-0.25, -0.2) is 0 Å². The van der Waals surface area contributed by atoms with Gasteiger partial charge < -0.3 is 4.90 Å². The fraction of sp³-hybridized carbons (Fsp3) is 0.273. The molecule has 0 spiro atoms. The van der Waals surface area contributed by atoms with E-state index in [4.69, 9.17) is 0 Å². The van der Waals surface area contributed by atoms with Crippen molar-refractivity contribution < 1.29 is 14.5 Å². The minimum absolute atomic E-state index is 0.128. The van der Waals surface area contributed by atoms with Gasteiger partial charge >= 0.3 is 0 Å². The Morgan fingerprint density at radius 3 is 2.47 bits per heavy atom. The summed E-state index contributed by atoms with van der Waals surface area (Å²) in [6.07, 6.45) is 0. The Kier molecular flexibility index (Phi) is 2.42. The van der Waals surface area contributed by atoms with Gasteiger partial charge in [0.15, 0.2) is 0 Å². The summed E-state index contributed by atoms with van der Waals surface area (Å²) >= 11 is 0. The number of ketones is 1. The molecule has 0 saturated heterocycles. The molecule has 1 aliphatic heterocycles. The van der Waals surface area contributed by atoms with E-state index in [-0.39, 0.29) is 17.3 Å². The quantitative estimate of drug-likeness (QED) is 0.441. The molecule has 1 heterocycles. The van der Waals surface area contributed by atoms with Crippen LogP contribution in [0.25, 0.3) is 0 Å². The Morgan fingerprint density at radius 1 is 1.29 bits per heavy atom. The molecule has 6 heteroatoms. The molecule has 0 atom stereocenters. The number of carbonyl (C=O) groups excluding carboxylic acids is 2. The van der Waals surface area contributed by atoms with Gasteiger partial charge in [0, 0.05) is 18.2 Å². The van der Waals surface area contributed by atoms with E-state index in [1.54, 1.807) is 13.8 Å². The lowest BCUT2D eigenvalue weighted by molar-refractivity contribution is -0.384. The number of rotatable bonds is 2. The van der Waals surface area contributed by atoms with Gasteiger partial charge in [-0.1, -0.05) is 0 Å². The molecular weight excluding hydrogens is 224 g/mol. The number of hydrogen-bond donors (Lipinski definition) is 0. The maximum Gasteiger partial charge on any atom is 0.299 e. The van der Waals surface area contributed by atoms with Crippen molar-refractivity contribution in [3.8, 4) is 0 Å². The van der Waals surface area contributed by atoms with Crippen molar-refractivity contribution in [2.75, 3.05) is 4.90 Å². The average molecular weight is 234 g/mol. The number of anilines is 1. The largest absolute Gasteiger partial charge is 0.302 e. The van der Waals surface area contributed by atoms with Crippen molar-refractivity contribution in [3.05, 3.63) is 33.9 Å². The number of Topliss-reactive ketones (excluding diaryl/α,β-unsaturated/α-hetero) is 1. The summed E-state index contributed by atoms with van der Waals surface area (Å²) in [5.74, 6) is -1.24. The zero-order valence-electron chi connectivity index (χ0n) is 9.34. The molecule has 0 aliphatic carbocycles. The van der Waals surface area contributed by atoms with E-state index < -0.39 is 16.6 Å². The van der Waals surface area contributed by atoms with Crippen molar-refractivity contribution in [1.82, 2.24) is 0 Å². The molecule has 1 amide bonds. The smallest absolute Gasteiger partial charge is 0.299 e. The van der Waals surface area contributed by atoms with E-state index in [1.165, 1.54) is 23.1 Å². The first-order valence-electron chi connectivity index (χ1n) is 5.10. The SMILES string of the molecule is CC(C)N1C(=O)C(=O)c2ccc([N+](=O)[O-])cc21. The van der Waals surface area contributed by atoms with E-state index in [0.29, 0.717) is 5.69 Å². The van der Waals surface area contributed by atoms with E-state index in [1.807, 2.05) is 0 Å². The minimum Gasteiger partial charge on any atom is -0.302 e. The lowest BCUT2D eigenvalue weighted by Gasteiger charge is -2.20. The number of fused-ring (bicyclic) bond motifs is 1. The second kappa shape index (κ2) is 3.65. The molecule has 1 aromatic rings. The third-order valence-corrected chi connectivity index (χ3v) is 2.63. The molecule has 1 aromatic carbocycles. The van der Waals surface area contributed by atoms with Crippen LogP contribution in [0.3, 0.4) is 0 Å². The Labute approximate surface area is 97.0 Å². The molecule has 1 aliphatic rings. The lowest BCUT2D eigenvalue weighted by atomic mass is 10.1. The van der Waals surface area contributed by atoms with Crippen molar-refractivity contribution in [2.24, 2.45) is 0 Å². The number of nitrogens with zero attached hydrogens (tertiary/aromatic N) is 2. The monoisotopic (exact) mass is 234 g/mol. The summed E-state index contributed by atoms with van der Waals surface area (Å²) in [6.45, 7) is 3.50. The zero-order chi connectivity index (χ0) is 12.7. The number of amides is 1. The van der Waals surface area contributed by atoms with Crippen LogP contribution in [-0.2, 0) is 4.79 Å². The van der Waals surface area contributed by atoms with Crippen LogP contribution in [0.5, 0.6) is 0 Å². The van der Waals surface area contributed by atoms with Crippen molar-refractivity contribution in [1.29, 1.82) is 0 Å². The normalized spacial score (nSPS) is 14.4. The molecule has 6 nitrogen and oxygen atoms in total. The van der Waals surface area contributed by atoms with E-state index >= 15 is 0 Å². The number of hydrogen-bond acceptors (Lipinski definition) is 4. The molecule has 0 bridgehead atoms. The summed E-state index contributed by atoms with van der Waals surface area (Å²) in [5.41, 5.74) is 0.426. The highest BCUT2D eigenvalue weighted by atomic mass is 16.6. The van der Waals surface area contributed by atoms with Crippen LogP contribution in [-0.4, -0.2) is 22.7 Å². The summed E-state index contributed by atoms with van der Waals surface area (Å²) in [4.78, 5) is 34.7. The van der Waals surface area contributed by atoms with Gasteiger partial charge in [0.25, 0.3) is 17.4 Å². The second-order valence-corrected chi connectivity index (χ2v) is 4.06. The van der Waals surface area contributed by atoms with Gasteiger partial charge in [-0.2, -0.15) is 0 Å². The summed E-state index contributed by atoms with van der Waals surface area (Å²) in [6, 6.07) is 3.61. The molecular formula is C11H10N2O4. The van der Waals surface area contributed by atoms with Crippen molar-refractivity contribution in [3.63, 3.8) is 0 Å². The maximum absolute atomic E-state index is 11.7. The summed E-state index contributed by atoms with van der Waals surface area (Å²) in [7, 11) is 0. The van der Waals surface area contributed by atoms with Crippen molar-refractivity contribution >= 4 is 23.1 Å². The van der Waals surface area contributed by atoms with Gasteiger partial charge in [0.05, 0.1) is 16.2 Å². The first-order valence-corrected chi connectivity index (χ1v) is 5.10. The van der Waals surface area contributed by atoms with Gasteiger partial charge in [-0.05, 0) is 19.9 Å². The number of benzene rings is 1. The molecule has 0 fully saturated rings. The topological polar surface area (TPSA) is 80.5 Å². The Balaban J connectivity index is 2.61. The van der Waals surface area contributed by atoms with Gasteiger partial charge in [0.1, 0.15) is 0 Å². The highest BCUT2D eigenvalue weighted by Gasteiger charge is 2.38. The highest BCUT2D eigenvalue weighted by Crippen LogP contribution is 2.33. The molecule has 0 radical (unpaired) electrons. The Hall–Kier alpha value is -2.24. The minimum atomic E-state index is -0.629. The van der Waals surface area contributed by atoms with E-state index in [9.17, 15) is 19.7 Å². The van der Waals surface area contributed by atoms with Crippen LogP contribution in [0.1, 0.15) is 24.2 Å². The molecule has 2 rings (SSSR count). The third-order valence-electron chi connectivity index (χ3n) is 2.63. The molecule has 0 N–H and O–H groups in total. The third kappa shape index (κ3) is 1.57. The van der Waals surface area contributed by atoms with Crippen LogP contribution < -0.4 is 4.90 Å². The maximum atomic E-state index is 11.7. The van der Waals surface area contributed by atoms with Crippen LogP contribution in [0.2, 0.25) is 0 Å². The van der Waals surface area contributed by atoms with Gasteiger partial charge in [0.2, 0.25) is 0 Å². The Bertz CT molecular complexity index is 536. The second-order valence-electron chi connectivity index (χ2n) is 4.06. The highest BCUT2D eigenvalue weighted by molar-refractivity contribution is 6.52. The predicted molar refractivity (Wildman–Crippen MR) is 60.0 cm³/mol. The molecule has 17 heavy (non-hydrogen) atoms. The van der Waals surface area contributed by atoms with E-state index in [2.05, 4.69) is 0 Å². The van der Waals surface area contributed by atoms with Crippen LogP contribution in [0, 0.1) is 10.1 Å². The van der Waals surface area contributed by atoms with Crippen LogP contribution in [0.15, 0.2) is 18.2 Å². The lowest BCUT2D eigenvalue weighted by Crippen LogP contribution is -2.35. The van der Waals surface area contributed by atoms with Crippen LogP contribution >= 0.6 is 0 Å². The Morgan fingerprint density at radius 2 is 1.94 bits per heavy atom. The first kappa shape index (κ1) is 11.3. The number of non-ortho nitro benzene ring substituents is 1. The van der Waals surface area contributed by atoms with Gasteiger partial charge in [-0.15, -0.1) is 0 Å². The predicted octanol–water partition coefficient (Wildman–Crippen LogP) is 1.53.